The van der Waals surface area contributed by atoms with Gasteiger partial charge < -0.3 is 9.80 Å². The van der Waals surface area contributed by atoms with Crippen LogP contribution in [0.1, 0.15) is 72.2 Å². The molecular weight excluding hydrogens is 905 g/mol. The molecule has 0 heterocycles. The van der Waals surface area contributed by atoms with Crippen LogP contribution in [0.15, 0.2) is 255 Å². The second-order valence-electron chi connectivity index (χ2n) is 22.0. The van der Waals surface area contributed by atoms with Crippen molar-refractivity contribution in [1.29, 1.82) is 0 Å². The number of hydrogen-bond acceptors (Lipinski definition) is 2. The molecule has 11 aromatic carbocycles. The number of nitrogens with zero attached hydrogens (tertiary/aromatic N) is 2. The van der Waals surface area contributed by atoms with Crippen molar-refractivity contribution < 1.29 is 0 Å². The minimum absolute atomic E-state index is 0.104. The van der Waals surface area contributed by atoms with Crippen molar-refractivity contribution in [3.63, 3.8) is 0 Å². The lowest BCUT2D eigenvalue weighted by Gasteiger charge is -2.33. The highest BCUT2D eigenvalue weighted by Gasteiger charge is 2.54. The van der Waals surface area contributed by atoms with E-state index in [0.29, 0.717) is 0 Å². The predicted octanol–water partition coefficient (Wildman–Crippen LogP) is 19.2. The highest BCUT2D eigenvalue weighted by molar-refractivity contribution is 6.03. The first-order chi connectivity index (χ1) is 36.7. The van der Waals surface area contributed by atoms with Gasteiger partial charge in [0, 0.05) is 45.0 Å². The fraction of sp³-hybridized carbons (Fsp3) is 0.0959. The molecule has 75 heavy (non-hydrogen) atoms. The third kappa shape index (κ3) is 6.08. The van der Waals surface area contributed by atoms with Crippen LogP contribution in [0, 0.1) is 0 Å². The normalized spacial score (nSPS) is 16.0. The summed E-state index contributed by atoms with van der Waals surface area (Å²) in [6.07, 6.45) is 0. The van der Waals surface area contributed by atoms with E-state index in [2.05, 4.69) is 292 Å². The summed E-state index contributed by atoms with van der Waals surface area (Å²) in [4.78, 5) is 4.88. The SMILES string of the molecule is CC1(C)c2cc(N(c3ccccc3)c3ccc(-c4ccccc4)cc3)ccc2-c2ccc(N(c3ccccc3)c3ccc4c(c3)C3(c5ccccc5-4)c4ccccc4-c4c3ccc3c4-c4ccccc4C3(C)C)cc21. The molecule has 0 bridgehead atoms. The van der Waals surface area contributed by atoms with E-state index < -0.39 is 5.41 Å². The predicted molar refractivity (Wildman–Crippen MR) is 313 cm³/mol. The fourth-order valence-electron chi connectivity index (χ4n) is 14.0. The molecule has 1 unspecified atom stereocenters. The summed E-state index contributed by atoms with van der Waals surface area (Å²) >= 11 is 0. The summed E-state index contributed by atoms with van der Waals surface area (Å²) in [5, 5.41) is 0. The molecule has 4 aliphatic rings. The minimum Gasteiger partial charge on any atom is -0.310 e. The first kappa shape index (κ1) is 43.6. The van der Waals surface area contributed by atoms with Gasteiger partial charge in [0.05, 0.1) is 5.41 Å². The smallest absolute Gasteiger partial charge is 0.0726 e. The number of anilines is 6. The molecule has 2 heteroatoms. The lowest BCUT2D eigenvalue weighted by Crippen LogP contribution is -2.26. The van der Waals surface area contributed by atoms with Gasteiger partial charge in [-0.3, -0.25) is 0 Å². The van der Waals surface area contributed by atoms with Gasteiger partial charge in [-0.15, -0.1) is 0 Å². The Hall–Kier alpha value is -8.98. The van der Waals surface area contributed by atoms with Crippen LogP contribution < -0.4 is 9.80 Å². The van der Waals surface area contributed by atoms with Crippen LogP contribution in [-0.2, 0) is 16.2 Å². The van der Waals surface area contributed by atoms with E-state index in [1.807, 2.05) is 0 Å². The largest absolute Gasteiger partial charge is 0.310 e. The maximum absolute atomic E-state index is 2.53. The molecule has 356 valence electrons. The van der Waals surface area contributed by atoms with Crippen molar-refractivity contribution in [3.8, 4) is 55.6 Å². The molecule has 0 fully saturated rings. The highest BCUT2D eigenvalue weighted by Crippen LogP contribution is 2.67. The Morgan fingerprint density at radius 2 is 0.573 bits per heavy atom. The number of benzene rings is 11. The number of hydrogen-bond donors (Lipinski definition) is 0. The second kappa shape index (κ2) is 16.0. The van der Waals surface area contributed by atoms with E-state index in [9.17, 15) is 0 Å². The van der Waals surface area contributed by atoms with E-state index in [0.717, 1.165) is 34.1 Å². The average Bonchev–Trinajstić information content (AvgIpc) is 4.31. The first-order valence-corrected chi connectivity index (χ1v) is 26.5. The van der Waals surface area contributed by atoms with Gasteiger partial charge in [-0.25, -0.2) is 0 Å². The minimum atomic E-state index is -0.510. The lowest BCUT2D eigenvalue weighted by molar-refractivity contribution is 0.660. The van der Waals surface area contributed by atoms with Crippen molar-refractivity contribution >= 4 is 34.1 Å². The van der Waals surface area contributed by atoms with E-state index >= 15 is 0 Å². The van der Waals surface area contributed by atoms with Gasteiger partial charge in [-0.2, -0.15) is 0 Å². The molecule has 2 nitrogen and oxygen atoms in total. The molecule has 0 N–H and O–H groups in total. The summed E-state index contributed by atoms with van der Waals surface area (Å²) in [6, 6.07) is 95.4. The van der Waals surface area contributed by atoms with E-state index in [-0.39, 0.29) is 10.8 Å². The van der Waals surface area contributed by atoms with Crippen molar-refractivity contribution in [1.82, 2.24) is 0 Å². The molecule has 15 rings (SSSR count). The molecule has 0 aromatic heterocycles. The molecule has 0 saturated carbocycles. The maximum atomic E-state index is 2.53. The van der Waals surface area contributed by atoms with Gasteiger partial charge in [0.25, 0.3) is 0 Å². The third-order valence-corrected chi connectivity index (χ3v) is 17.5. The van der Waals surface area contributed by atoms with E-state index in [1.165, 1.54) is 100 Å². The molecular formula is C73H54N2. The van der Waals surface area contributed by atoms with E-state index in [4.69, 9.17) is 0 Å². The molecule has 0 amide bonds. The van der Waals surface area contributed by atoms with Crippen LogP contribution in [0.25, 0.3) is 55.6 Å². The van der Waals surface area contributed by atoms with Crippen molar-refractivity contribution in [2.75, 3.05) is 9.80 Å². The van der Waals surface area contributed by atoms with Crippen LogP contribution in [-0.4, -0.2) is 0 Å². The molecule has 1 spiro atoms. The van der Waals surface area contributed by atoms with Crippen molar-refractivity contribution in [2.45, 2.75) is 43.9 Å². The Morgan fingerprint density at radius 3 is 1.15 bits per heavy atom. The highest BCUT2D eigenvalue weighted by atomic mass is 15.1. The quantitative estimate of drug-likeness (QED) is 0.157. The van der Waals surface area contributed by atoms with Gasteiger partial charge in [0.15, 0.2) is 0 Å². The number of fused-ring (bicyclic) bond motifs is 17. The molecule has 1 atom stereocenters. The molecule has 0 radical (unpaired) electrons. The summed E-state index contributed by atoms with van der Waals surface area (Å²) in [5.41, 5.74) is 29.8. The average molecular weight is 959 g/mol. The Morgan fingerprint density at radius 1 is 0.227 bits per heavy atom. The van der Waals surface area contributed by atoms with E-state index in [1.54, 1.807) is 0 Å². The first-order valence-electron chi connectivity index (χ1n) is 26.5. The summed E-state index contributed by atoms with van der Waals surface area (Å²) < 4.78 is 0. The van der Waals surface area contributed by atoms with Gasteiger partial charge in [0.1, 0.15) is 0 Å². The van der Waals surface area contributed by atoms with Gasteiger partial charge in [-0.1, -0.05) is 210 Å². The van der Waals surface area contributed by atoms with Gasteiger partial charge in [0.2, 0.25) is 0 Å². The lowest BCUT2D eigenvalue weighted by atomic mass is 9.70. The van der Waals surface area contributed by atoms with Gasteiger partial charge >= 0.3 is 0 Å². The van der Waals surface area contributed by atoms with Crippen LogP contribution in [0.4, 0.5) is 34.1 Å². The van der Waals surface area contributed by atoms with Gasteiger partial charge in [-0.05, 0) is 173 Å². The topological polar surface area (TPSA) is 6.48 Å². The molecule has 11 aromatic rings. The van der Waals surface area contributed by atoms with Crippen LogP contribution in [0.5, 0.6) is 0 Å². The molecule has 4 aliphatic carbocycles. The Bertz CT molecular complexity index is 4110. The summed E-state index contributed by atoms with van der Waals surface area (Å²) in [7, 11) is 0. The number of para-hydroxylation sites is 2. The van der Waals surface area contributed by atoms with Crippen molar-refractivity contribution in [3.05, 3.63) is 299 Å². The summed E-state index contributed by atoms with van der Waals surface area (Å²) in [6.45, 7) is 9.60. The molecule has 0 saturated heterocycles. The fourth-order valence-corrected chi connectivity index (χ4v) is 14.0. The zero-order chi connectivity index (χ0) is 50.2. The van der Waals surface area contributed by atoms with Crippen LogP contribution in [0.3, 0.4) is 0 Å². The Balaban J connectivity index is 0.872. The van der Waals surface area contributed by atoms with Crippen molar-refractivity contribution in [2.24, 2.45) is 0 Å². The standard InChI is InChI=1S/C73H54N2/c1-71(2)61-29-17-15-27-59(61)69-64(71)42-43-65-70(69)60-28-16-19-31-63(60)73(65)62-30-18-14-26-55(62)58-41-38-54(46-68(58)73)75(50-24-12-7-13-25-50)53-37-40-57-56-39-36-52(44-66(56)72(3,4)67(57)45-53)74(49-22-10-6-11-23-49)51-34-32-48(33-35-51)47-20-8-5-9-21-47/h5-46H,1-4H3. The summed E-state index contributed by atoms with van der Waals surface area (Å²) in [5.74, 6) is 0. The zero-order valence-electron chi connectivity index (χ0n) is 42.6. The van der Waals surface area contributed by atoms with Crippen LogP contribution in [0.2, 0.25) is 0 Å². The maximum Gasteiger partial charge on any atom is 0.0726 e. The second-order valence-corrected chi connectivity index (χ2v) is 22.0. The Kier molecular flexibility index (Phi) is 9.30. The monoisotopic (exact) mass is 958 g/mol. The molecule has 0 aliphatic heterocycles. The van der Waals surface area contributed by atoms with Crippen LogP contribution >= 0.6 is 0 Å². The zero-order valence-corrected chi connectivity index (χ0v) is 42.6. The number of rotatable bonds is 7. The Labute approximate surface area is 440 Å². The third-order valence-electron chi connectivity index (χ3n) is 17.5.